The number of sulfonamides is 1. The molecule has 0 aromatic heterocycles. The minimum atomic E-state index is -3.84. The summed E-state index contributed by atoms with van der Waals surface area (Å²) < 4.78 is 27.7. The number of nitrogens with one attached hydrogen (secondary N) is 3. The molecule has 0 unspecified atom stereocenters. The van der Waals surface area contributed by atoms with Crippen LogP contribution in [0.1, 0.15) is 23.2 Å². The lowest BCUT2D eigenvalue weighted by atomic mass is 10.2. The first kappa shape index (κ1) is 21.6. The summed E-state index contributed by atoms with van der Waals surface area (Å²) in [6.45, 7) is 0. The van der Waals surface area contributed by atoms with Gasteiger partial charge in [0.2, 0.25) is 10.0 Å². The van der Waals surface area contributed by atoms with Crippen LogP contribution in [-0.4, -0.2) is 20.4 Å². The van der Waals surface area contributed by atoms with E-state index in [-0.39, 0.29) is 26.5 Å². The van der Waals surface area contributed by atoms with Crippen LogP contribution in [0.2, 0.25) is 10.0 Å². The predicted molar refractivity (Wildman–Crippen MR) is 124 cm³/mol. The highest BCUT2D eigenvalue weighted by atomic mass is 35.5. The van der Waals surface area contributed by atoms with Crippen LogP contribution in [0.15, 0.2) is 71.6 Å². The van der Waals surface area contributed by atoms with Crippen molar-refractivity contribution in [3.05, 3.63) is 82.3 Å². The fraction of sp³-hybridized carbons (Fsp3) is 0.136. The van der Waals surface area contributed by atoms with Crippen LogP contribution in [0.4, 0.5) is 17.1 Å². The number of halogens is 2. The topological polar surface area (TPSA) is 87.3 Å². The second kappa shape index (κ2) is 8.88. The zero-order valence-electron chi connectivity index (χ0n) is 16.2. The summed E-state index contributed by atoms with van der Waals surface area (Å²) >= 11 is 12.3. The molecular formula is C22H19Cl2N3O3S. The molecule has 0 spiro atoms. The first-order chi connectivity index (χ1) is 14.8. The van der Waals surface area contributed by atoms with Gasteiger partial charge in [-0.3, -0.25) is 4.79 Å². The predicted octanol–water partition coefficient (Wildman–Crippen LogP) is 5.43. The number of carbonyl (C=O) groups excluding carboxylic acids is 1. The molecule has 0 bridgehead atoms. The van der Waals surface area contributed by atoms with Crippen molar-refractivity contribution < 1.29 is 13.2 Å². The molecule has 31 heavy (non-hydrogen) atoms. The van der Waals surface area contributed by atoms with Crippen LogP contribution in [-0.2, 0) is 10.0 Å². The minimum absolute atomic E-state index is 0.0220. The SMILES string of the molecule is O=C(Nc1ccc(Nc2ccccc2)cc1)c1cc(S(=O)(=O)NC2CC2)c(Cl)cc1Cl. The summed E-state index contributed by atoms with van der Waals surface area (Å²) in [5, 5.41) is 6.01. The molecule has 1 saturated carbocycles. The molecule has 0 heterocycles. The van der Waals surface area contributed by atoms with Crippen LogP contribution in [0.25, 0.3) is 0 Å². The van der Waals surface area contributed by atoms with E-state index in [0.29, 0.717) is 5.69 Å². The average Bonchev–Trinajstić information content (AvgIpc) is 3.53. The van der Waals surface area contributed by atoms with Gasteiger partial charge in [0.15, 0.2) is 0 Å². The van der Waals surface area contributed by atoms with Gasteiger partial charge in [0.05, 0.1) is 15.6 Å². The molecule has 9 heteroatoms. The normalized spacial score (nSPS) is 13.6. The van der Waals surface area contributed by atoms with E-state index in [4.69, 9.17) is 23.2 Å². The standard InChI is InChI=1S/C22H19Cl2N3O3S/c23-19-13-20(24)21(31(29,30)27-17-10-11-17)12-18(19)22(28)26-16-8-6-15(7-9-16)25-14-4-2-1-3-5-14/h1-9,12-13,17,25,27H,10-11H2,(H,26,28). The summed E-state index contributed by atoms with van der Waals surface area (Å²) in [6, 6.07) is 19.2. The molecule has 3 aromatic carbocycles. The molecular weight excluding hydrogens is 457 g/mol. The Bertz CT molecular complexity index is 1210. The molecule has 0 radical (unpaired) electrons. The molecule has 1 aliphatic carbocycles. The van der Waals surface area contributed by atoms with Crippen molar-refractivity contribution in [3.63, 3.8) is 0 Å². The molecule has 1 aliphatic rings. The molecule has 160 valence electrons. The van der Waals surface area contributed by atoms with Gasteiger partial charge in [0, 0.05) is 23.1 Å². The van der Waals surface area contributed by atoms with Crippen LogP contribution in [0.5, 0.6) is 0 Å². The molecule has 6 nitrogen and oxygen atoms in total. The maximum absolute atomic E-state index is 12.8. The Morgan fingerprint density at radius 1 is 0.839 bits per heavy atom. The number of amides is 1. The fourth-order valence-corrected chi connectivity index (χ4v) is 5.08. The van der Waals surface area contributed by atoms with Gasteiger partial charge in [0.25, 0.3) is 5.91 Å². The van der Waals surface area contributed by atoms with Crippen LogP contribution in [0.3, 0.4) is 0 Å². The van der Waals surface area contributed by atoms with E-state index in [2.05, 4.69) is 15.4 Å². The highest BCUT2D eigenvalue weighted by Gasteiger charge is 2.30. The molecule has 0 saturated heterocycles. The average molecular weight is 476 g/mol. The fourth-order valence-electron chi connectivity index (χ4n) is 2.92. The van der Waals surface area contributed by atoms with Gasteiger partial charge < -0.3 is 10.6 Å². The van der Waals surface area contributed by atoms with Gasteiger partial charge in [-0.05, 0) is 61.4 Å². The monoisotopic (exact) mass is 475 g/mol. The van der Waals surface area contributed by atoms with E-state index in [1.54, 1.807) is 12.1 Å². The summed E-state index contributed by atoms with van der Waals surface area (Å²) in [5.74, 6) is -0.534. The Morgan fingerprint density at radius 2 is 1.45 bits per heavy atom. The largest absolute Gasteiger partial charge is 0.356 e. The molecule has 3 N–H and O–H groups in total. The van der Waals surface area contributed by atoms with Crippen molar-refractivity contribution in [2.75, 3.05) is 10.6 Å². The zero-order chi connectivity index (χ0) is 22.0. The number of anilines is 3. The minimum Gasteiger partial charge on any atom is -0.356 e. The van der Waals surface area contributed by atoms with Crippen molar-refractivity contribution >= 4 is 56.2 Å². The second-order valence-corrected chi connectivity index (χ2v) is 9.68. The Kier molecular flexibility index (Phi) is 6.20. The number of hydrogen-bond donors (Lipinski definition) is 3. The van der Waals surface area contributed by atoms with Crippen molar-refractivity contribution in [1.82, 2.24) is 4.72 Å². The Morgan fingerprint density at radius 3 is 2.10 bits per heavy atom. The van der Waals surface area contributed by atoms with Crippen LogP contribution in [0, 0.1) is 0 Å². The highest BCUT2D eigenvalue weighted by molar-refractivity contribution is 7.89. The van der Waals surface area contributed by atoms with E-state index in [9.17, 15) is 13.2 Å². The molecule has 4 rings (SSSR count). The first-order valence-electron chi connectivity index (χ1n) is 9.57. The lowest BCUT2D eigenvalue weighted by Crippen LogP contribution is -2.26. The third kappa shape index (κ3) is 5.37. The van der Waals surface area contributed by atoms with Gasteiger partial charge in [-0.15, -0.1) is 0 Å². The maximum atomic E-state index is 12.8. The van der Waals surface area contributed by atoms with E-state index in [1.807, 2.05) is 42.5 Å². The number of benzene rings is 3. The van der Waals surface area contributed by atoms with Gasteiger partial charge in [-0.2, -0.15) is 0 Å². The van der Waals surface area contributed by atoms with Crippen molar-refractivity contribution in [2.45, 2.75) is 23.8 Å². The third-order valence-electron chi connectivity index (χ3n) is 4.66. The lowest BCUT2D eigenvalue weighted by Gasteiger charge is -2.12. The first-order valence-corrected chi connectivity index (χ1v) is 11.8. The summed E-state index contributed by atoms with van der Waals surface area (Å²) in [5.41, 5.74) is 2.36. The van der Waals surface area contributed by atoms with Crippen LogP contribution < -0.4 is 15.4 Å². The number of rotatable bonds is 7. The van der Waals surface area contributed by atoms with Gasteiger partial charge >= 0.3 is 0 Å². The molecule has 3 aromatic rings. The van der Waals surface area contributed by atoms with E-state index in [1.165, 1.54) is 12.1 Å². The summed E-state index contributed by atoms with van der Waals surface area (Å²) in [4.78, 5) is 12.6. The third-order valence-corrected chi connectivity index (χ3v) is 6.96. The number of carbonyl (C=O) groups is 1. The number of para-hydroxylation sites is 1. The zero-order valence-corrected chi connectivity index (χ0v) is 18.6. The molecule has 0 atom stereocenters. The lowest BCUT2D eigenvalue weighted by molar-refractivity contribution is 0.102. The van der Waals surface area contributed by atoms with Gasteiger partial charge in [0.1, 0.15) is 4.90 Å². The van der Waals surface area contributed by atoms with E-state index >= 15 is 0 Å². The molecule has 1 amide bonds. The Hall–Kier alpha value is -2.58. The highest BCUT2D eigenvalue weighted by Crippen LogP contribution is 2.31. The van der Waals surface area contributed by atoms with Crippen LogP contribution >= 0.6 is 23.2 Å². The quantitative estimate of drug-likeness (QED) is 0.425. The van der Waals surface area contributed by atoms with Crippen molar-refractivity contribution in [1.29, 1.82) is 0 Å². The molecule has 0 aliphatic heterocycles. The summed E-state index contributed by atoms with van der Waals surface area (Å²) in [7, 11) is -3.84. The maximum Gasteiger partial charge on any atom is 0.257 e. The van der Waals surface area contributed by atoms with E-state index < -0.39 is 15.9 Å². The number of hydrogen-bond acceptors (Lipinski definition) is 4. The smallest absolute Gasteiger partial charge is 0.257 e. The van der Waals surface area contributed by atoms with Crippen molar-refractivity contribution in [2.24, 2.45) is 0 Å². The second-order valence-electron chi connectivity index (χ2n) is 7.18. The Labute approximate surface area is 190 Å². The summed E-state index contributed by atoms with van der Waals surface area (Å²) in [6.07, 6.45) is 1.57. The van der Waals surface area contributed by atoms with Crippen molar-refractivity contribution in [3.8, 4) is 0 Å². The van der Waals surface area contributed by atoms with Gasteiger partial charge in [-0.1, -0.05) is 41.4 Å². The van der Waals surface area contributed by atoms with E-state index in [0.717, 1.165) is 24.2 Å². The molecule has 1 fully saturated rings. The Balaban J connectivity index is 1.51. The van der Waals surface area contributed by atoms with Gasteiger partial charge in [-0.25, -0.2) is 13.1 Å².